The molecule has 0 heterocycles. The predicted molar refractivity (Wildman–Crippen MR) is 89.6 cm³/mol. The SMILES string of the molecule is CN(C)C1CCCC(Nc2ccc([N+](=O)[O-])c(S(C)(=O)=O)c2)C1. The third-order valence-corrected chi connectivity index (χ3v) is 5.43. The quantitative estimate of drug-likeness (QED) is 0.652. The number of nitrogens with zero attached hydrogens (tertiary/aromatic N) is 2. The van der Waals surface area contributed by atoms with E-state index in [1.807, 2.05) is 0 Å². The summed E-state index contributed by atoms with van der Waals surface area (Å²) in [5, 5.41) is 14.3. The Morgan fingerprint density at radius 2 is 2.00 bits per heavy atom. The molecule has 1 aromatic carbocycles. The zero-order valence-electron chi connectivity index (χ0n) is 13.7. The third kappa shape index (κ3) is 4.42. The van der Waals surface area contributed by atoms with Gasteiger partial charge in [-0.05, 0) is 51.9 Å². The first-order chi connectivity index (χ1) is 10.7. The van der Waals surface area contributed by atoms with Crippen LogP contribution in [0.25, 0.3) is 0 Å². The van der Waals surface area contributed by atoms with Crippen molar-refractivity contribution in [2.24, 2.45) is 0 Å². The van der Waals surface area contributed by atoms with Crippen LogP contribution in [0.4, 0.5) is 11.4 Å². The topological polar surface area (TPSA) is 92.5 Å². The molecular formula is C15H23N3O4S. The number of nitro benzene ring substituents is 1. The number of hydrogen-bond donors (Lipinski definition) is 1. The Bertz CT molecular complexity index is 688. The summed E-state index contributed by atoms with van der Waals surface area (Å²) in [6.07, 6.45) is 5.22. The highest BCUT2D eigenvalue weighted by Gasteiger charge is 2.25. The van der Waals surface area contributed by atoms with Crippen molar-refractivity contribution in [2.75, 3.05) is 25.7 Å². The van der Waals surface area contributed by atoms with Gasteiger partial charge in [-0.25, -0.2) is 8.42 Å². The second kappa shape index (κ2) is 6.84. The van der Waals surface area contributed by atoms with E-state index in [1.54, 1.807) is 6.07 Å². The van der Waals surface area contributed by atoms with Crippen molar-refractivity contribution in [3.63, 3.8) is 0 Å². The minimum atomic E-state index is -3.66. The molecule has 1 aliphatic rings. The summed E-state index contributed by atoms with van der Waals surface area (Å²) in [6.45, 7) is 0. The lowest BCUT2D eigenvalue weighted by atomic mass is 9.90. The van der Waals surface area contributed by atoms with Gasteiger partial charge in [-0.15, -0.1) is 0 Å². The maximum atomic E-state index is 11.8. The molecule has 0 bridgehead atoms. The molecule has 1 aliphatic carbocycles. The molecule has 0 amide bonds. The fourth-order valence-electron chi connectivity index (χ4n) is 3.05. The van der Waals surface area contributed by atoms with Crippen molar-refractivity contribution in [2.45, 2.75) is 42.7 Å². The Balaban J connectivity index is 2.22. The summed E-state index contributed by atoms with van der Waals surface area (Å²) in [5.74, 6) is 0. The Kier molecular flexibility index (Phi) is 5.26. The van der Waals surface area contributed by atoms with Crippen LogP contribution in [0, 0.1) is 10.1 Å². The molecule has 0 saturated heterocycles. The first-order valence-electron chi connectivity index (χ1n) is 7.60. The molecule has 0 aliphatic heterocycles. The van der Waals surface area contributed by atoms with Crippen molar-refractivity contribution in [3.05, 3.63) is 28.3 Å². The van der Waals surface area contributed by atoms with E-state index in [0.29, 0.717) is 11.7 Å². The van der Waals surface area contributed by atoms with Gasteiger partial charge in [-0.2, -0.15) is 0 Å². The van der Waals surface area contributed by atoms with Gasteiger partial charge < -0.3 is 10.2 Å². The highest BCUT2D eigenvalue weighted by molar-refractivity contribution is 7.90. The average molecular weight is 341 g/mol. The van der Waals surface area contributed by atoms with Crippen LogP contribution in [0.5, 0.6) is 0 Å². The molecule has 128 valence electrons. The highest BCUT2D eigenvalue weighted by atomic mass is 32.2. The van der Waals surface area contributed by atoms with Gasteiger partial charge in [0.15, 0.2) is 9.84 Å². The molecule has 1 fully saturated rings. The maximum Gasteiger partial charge on any atom is 0.288 e. The molecule has 2 unspecified atom stereocenters. The summed E-state index contributed by atoms with van der Waals surface area (Å²) < 4.78 is 23.6. The Hall–Kier alpha value is -1.67. The van der Waals surface area contributed by atoms with E-state index in [1.165, 1.54) is 12.1 Å². The lowest BCUT2D eigenvalue weighted by Gasteiger charge is -2.34. The van der Waals surface area contributed by atoms with Gasteiger partial charge in [0.05, 0.1) is 4.92 Å². The second-order valence-electron chi connectivity index (χ2n) is 6.34. The number of hydrogen-bond acceptors (Lipinski definition) is 6. The van der Waals surface area contributed by atoms with E-state index in [9.17, 15) is 18.5 Å². The van der Waals surface area contributed by atoms with E-state index in [0.717, 1.165) is 31.9 Å². The van der Waals surface area contributed by atoms with Crippen molar-refractivity contribution in [3.8, 4) is 0 Å². The number of anilines is 1. The van der Waals surface area contributed by atoms with Crippen LogP contribution >= 0.6 is 0 Å². The molecule has 0 radical (unpaired) electrons. The molecular weight excluding hydrogens is 318 g/mol. The summed E-state index contributed by atoms with van der Waals surface area (Å²) in [7, 11) is 0.457. The van der Waals surface area contributed by atoms with Gasteiger partial charge in [0.25, 0.3) is 5.69 Å². The number of benzene rings is 1. The normalized spacial score (nSPS) is 22.1. The van der Waals surface area contributed by atoms with Crippen molar-refractivity contribution < 1.29 is 13.3 Å². The maximum absolute atomic E-state index is 11.8. The van der Waals surface area contributed by atoms with Crippen LogP contribution < -0.4 is 5.32 Å². The lowest BCUT2D eigenvalue weighted by molar-refractivity contribution is -0.387. The molecule has 0 spiro atoms. The molecule has 2 atom stereocenters. The minimum Gasteiger partial charge on any atom is -0.382 e. The fraction of sp³-hybridized carbons (Fsp3) is 0.600. The Morgan fingerprint density at radius 1 is 1.30 bits per heavy atom. The Morgan fingerprint density at radius 3 is 2.57 bits per heavy atom. The van der Waals surface area contributed by atoms with Gasteiger partial charge in [0, 0.05) is 30.1 Å². The van der Waals surface area contributed by atoms with Gasteiger partial charge in [0.1, 0.15) is 4.90 Å². The van der Waals surface area contributed by atoms with Crippen LogP contribution in [-0.4, -0.2) is 50.7 Å². The number of nitro groups is 1. The van der Waals surface area contributed by atoms with Crippen LogP contribution in [0.15, 0.2) is 23.1 Å². The van der Waals surface area contributed by atoms with E-state index < -0.39 is 14.8 Å². The summed E-state index contributed by atoms with van der Waals surface area (Å²) in [4.78, 5) is 12.3. The molecule has 8 heteroatoms. The summed E-state index contributed by atoms with van der Waals surface area (Å²) >= 11 is 0. The fourth-order valence-corrected chi connectivity index (χ4v) is 3.92. The van der Waals surface area contributed by atoms with Crippen LogP contribution in [0.1, 0.15) is 25.7 Å². The van der Waals surface area contributed by atoms with Gasteiger partial charge >= 0.3 is 0 Å². The van der Waals surface area contributed by atoms with E-state index >= 15 is 0 Å². The largest absolute Gasteiger partial charge is 0.382 e. The molecule has 23 heavy (non-hydrogen) atoms. The molecule has 1 aromatic rings. The molecule has 7 nitrogen and oxygen atoms in total. The smallest absolute Gasteiger partial charge is 0.288 e. The zero-order chi connectivity index (χ0) is 17.2. The summed E-state index contributed by atoms with van der Waals surface area (Å²) in [5.41, 5.74) is 0.230. The second-order valence-corrected chi connectivity index (χ2v) is 8.32. The number of nitrogens with one attached hydrogen (secondary N) is 1. The monoisotopic (exact) mass is 341 g/mol. The van der Waals surface area contributed by atoms with E-state index in [4.69, 9.17) is 0 Å². The van der Waals surface area contributed by atoms with Gasteiger partial charge in [-0.3, -0.25) is 10.1 Å². The first-order valence-corrected chi connectivity index (χ1v) is 9.49. The van der Waals surface area contributed by atoms with E-state index in [2.05, 4.69) is 24.3 Å². The highest BCUT2D eigenvalue weighted by Crippen LogP contribution is 2.29. The standard InChI is InChI=1S/C15H23N3O4S/c1-17(2)13-6-4-5-11(9-13)16-12-7-8-14(18(19)20)15(10-12)23(3,21)22/h7-8,10-11,13,16H,4-6,9H2,1-3H3. The van der Waals surface area contributed by atoms with Crippen LogP contribution in [0.2, 0.25) is 0 Å². The van der Waals surface area contributed by atoms with Crippen molar-refractivity contribution in [1.29, 1.82) is 0 Å². The average Bonchev–Trinajstić information content (AvgIpc) is 2.46. The lowest BCUT2D eigenvalue weighted by Crippen LogP contribution is -2.38. The van der Waals surface area contributed by atoms with Crippen molar-refractivity contribution >= 4 is 21.2 Å². The minimum absolute atomic E-state index is 0.241. The first kappa shape index (κ1) is 17.7. The van der Waals surface area contributed by atoms with Gasteiger partial charge in [0.2, 0.25) is 0 Å². The summed E-state index contributed by atoms with van der Waals surface area (Å²) in [6, 6.07) is 4.93. The molecule has 1 N–H and O–H groups in total. The molecule has 1 saturated carbocycles. The van der Waals surface area contributed by atoms with Crippen LogP contribution in [-0.2, 0) is 9.84 Å². The Labute approximate surface area is 136 Å². The van der Waals surface area contributed by atoms with Gasteiger partial charge in [-0.1, -0.05) is 0 Å². The van der Waals surface area contributed by atoms with Crippen LogP contribution in [0.3, 0.4) is 0 Å². The number of sulfone groups is 1. The number of rotatable bonds is 5. The molecule has 0 aromatic heterocycles. The molecule has 2 rings (SSSR count). The predicted octanol–water partition coefficient (Wildman–Crippen LogP) is 2.28. The van der Waals surface area contributed by atoms with Crippen molar-refractivity contribution in [1.82, 2.24) is 4.90 Å². The zero-order valence-corrected chi connectivity index (χ0v) is 14.5. The third-order valence-electron chi connectivity index (χ3n) is 4.30. The van der Waals surface area contributed by atoms with E-state index in [-0.39, 0.29) is 16.6 Å².